The van der Waals surface area contributed by atoms with Crippen LogP contribution in [-0.2, 0) is 0 Å². The molecule has 1 heterocycles. The number of nitriles is 1. The summed E-state index contributed by atoms with van der Waals surface area (Å²) in [5, 5.41) is 11.9. The minimum Gasteiger partial charge on any atom is -0.497 e. The fraction of sp³-hybridized carbons (Fsp3) is 0.231. The van der Waals surface area contributed by atoms with Gasteiger partial charge in [-0.1, -0.05) is 0 Å². The molecule has 0 aliphatic carbocycles. The SMILES string of the molecule is COc1ccc(C(=O)Nc2ccc(N3CCN(c4ccc(C#N)cc4)CC3)c(C)c2)cc1. The highest BCUT2D eigenvalue weighted by Gasteiger charge is 2.19. The Hall–Kier alpha value is -3.98. The summed E-state index contributed by atoms with van der Waals surface area (Å²) in [7, 11) is 1.60. The number of nitrogens with one attached hydrogen (secondary N) is 1. The highest BCUT2D eigenvalue weighted by molar-refractivity contribution is 6.04. The van der Waals surface area contributed by atoms with E-state index in [1.54, 1.807) is 31.4 Å². The third-order valence-corrected chi connectivity index (χ3v) is 5.79. The largest absolute Gasteiger partial charge is 0.497 e. The molecule has 3 aromatic carbocycles. The summed E-state index contributed by atoms with van der Waals surface area (Å²) in [6.45, 7) is 5.74. The predicted molar refractivity (Wildman–Crippen MR) is 128 cm³/mol. The number of amides is 1. The molecule has 0 radical (unpaired) electrons. The van der Waals surface area contributed by atoms with Gasteiger partial charge in [-0.05, 0) is 79.2 Å². The van der Waals surface area contributed by atoms with E-state index in [4.69, 9.17) is 10.00 Å². The van der Waals surface area contributed by atoms with Gasteiger partial charge in [0, 0.05) is 48.8 Å². The van der Waals surface area contributed by atoms with Crippen LogP contribution in [0.1, 0.15) is 21.5 Å². The van der Waals surface area contributed by atoms with Gasteiger partial charge in [-0.15, -0.1) is 0 Å². The number of anilines is 3. The lowest BCUT2D eigenvalue weighted by molar-refractivity contribution is 0.102. The maximum atomic E-state index is 12.5. The molecule has 0 aromatic heterocycles. The monoisotopic (exact) mass is 426 g/mol. The molecule has 162 valence electrons. The first-order valence-corrected chi connectivity index (χ1v) is 10.6. The standard InChI is InChI=1S/C26H26N4O2/c1-19-17-22(28-26(31)21-5-10-24(32-2)11-6-21)7-12-25(19)30-15-13-29(14-16-30)23-8-3-20(18-27)4-9-23/h3-12,17H,13-16H2,1-2H3,(H,28,31). The van der Waals surface area contributed by atoms with Crippen molar-refractivity contribution in [3.8, 4) is 11.8 Å². The van der Waals surface area contributed by atoms with Gasteiger partial charge in [-0.25, -0.2) is 0 Å². The molecule has 0 bridgehead atoms. The molecule has 0 saturated carbocycles. The molecule has 1 saturated heterocycles. The molecule has 1 fully saturated rings. The molecule has 0 unspecified atom stereocenters. The number of methoxy groups -OCH3 is 1. The van der Waals surface area contributed by atoms with Gasteiger partial charge in [0.05, 0.1) is 18.7 Å². The van der Waals surface area contributed by atoms with Crippen molar-refractivity contribution in [1.82, 2.24) is 0 Å². The van der Waals surface area contributed by atoms with Crippen molar-refractivity contribution in [2.75, 3.05) is 48.4 Å². The molecule has 1 N–H and O–H groups in total. The Balaban J connectivity index is 1.38. The van der Waals surface area contributed by atoms with Crippen molar-refractivity contribution >= 4 is 23.0 Å². The number of hydrogen-bond acceptors (Lipinski definition) is 5. The lowest BCUT2D eigenvalue weighted by Gasteiger charge is -2.38. The van der Waals surface area contributed by atoms with Crippen molar-refractivity contribution in [2.24, 2.45) is 0 Å². The van der Waals surface area contributed by atoms with Gasteiger partial charge in [-0.2, -0.15) is 5.26 Å². The van der Waals surface area contributed by atoms with E-state index in [-0.39, 0.29) is 5.91 Å². The maximum absolute atomic E-state index is 12.5. The second-order valence-electron chi connectivity index (χ2n) is 7.82. The quantitative estimate of drug-likeness (QED) is 0.653. The highest BCUT2D eigenvalue weighted by Crippen LogP contribution is 2.26. The fourth-order valence-electron chi connectivity index (χ4n) is 3.99. The summed E-state index contributed by atoms with van der Waals surface area (Å²) in [4.78, 5) is 17.3. The molecule has 0 atom stereocenters. The number of piperazine rings is 1. The van der Waals surface area contributed by atoms with Crippen LogP contribution in [0.2, 0.25) is 0 Å². The maximum Gasteiger partial charge on any atom is 0.255 e. The minimum absolute atomic E-state index is 0.143. The van der Waals surface area contributed by atoms with Gasteiger partial charge in [0.1, 0.15) is 5.75 Å². The van der Waals surface area contributed by atoms with Crippen LogP contribution in [0, 0.1) is 18.3 Å². The van der Waals surface area contributed by atoms with Crippen molar-refractivity contribution in [3.05, 3.63) is 83.4 Å². The second kappa shape index (κ2) is 9.44. The number of hydrogen-bond donors (Lipinski definition) is 1. The van der Waals surface area contributed by atoms with Crippen LogP contribution >= 0.6 is 0 Å². The Morgan fingerprint density at radius 2 is 1.59 bits per heavy atom. The number of carbonyl (C=O) groups excluding carboxylic acids is 1. The molecule has 6 heteroatoms. The zero-order valence-corrected chi connectivity index (χ0v) is 18.3. The Morgan fingerprint density at radius 3 is 2.19 bits per heavy atom. The molecular formula is C26H26N4O2. The van der Waals surface area contributed by atoms with Gasteiger partial charge in [-0.3, -0.25) is 4.79 Å². The van der Waals surface area contributed by atoms with Crippen LogP contribution in [0.5, 0.6) is 5.75 Å². The third kappa shape index (κ3) is 4.68. The second-order valence-corrected chi connectivity index (χ2v) is 7.82. The van der Waals surface area contributed by atoms with Crippen molar-refractivity contribution in [2.45, 2.75) is 6.92 Å². The van der Waals surface area contributed by atoms with E-state index >= 15 is 0 Å². The Bertz CT molecular complexity index is 1130. The Morgan fingerprint density at radius 1 is 0.938 bits per heavy atom. The van der Waals surface area contributed by atoms with Crippen LogP contribution < -0.4 is 19.9 Å². The predicted octanol–water partition coefficient (Wildman–Crippen LogP) is 4.45. The molecule has 6 nitrogen and oxygen atoms in total. The number of ether oxygens (including phenoxy) is 1. The summed E-state index contributed by atoms with van der Waals surface area (Å²) >= 11 is 0. The topological polar surface area (TPSA) is 68.6 Å². The first-order chi connectivity index (χ1) is 15.6. The van der Waals surface area contributed by atoms with Crippen LogP contribution in [0.3, 0.4) is 0 Å². The first-order valence-electron chi connectivity index (χ1n) is 10.6. The van der Waals surface area contributed by atoms with Crippen LogP contribution in [0.4, 0.5) is 17.1 Å². The molecule has 1 amide bonds. The number of aryl methyl sites for hydroxylation is 1. The van der Waals surface area contributed by atoms with Gasteiger partial charge in [0.25, 0.3) is 5.91 Å². The third-order valence-electron chi connectivity index (χ3n) is 5.79. The van der Waals surface area contributed by atoms with E-state index in [9.17, 15) is 4.79 Å². The minimum atomic E-state index is -0.143. The van der Waals surface area contributed by atoms with Crippen molar-refractivity contribution < 1.29 is 9.53 Å². The zero-order valence-electron chi connectivity index (χ0n) is 18.3. The molecule has 3 aromatic rings. The van der Waals surface area contributed by atoms with Gasteiger partial charge >= 0.3 is 0 Å². The lowest BCUT2D eigenvalue weighted by Crippen LogP contribution is -2.46. The Kier molecular flexibility index (Phi) is 6.27. The molecular weight excluding hydrogens is 400 g/mol. The van der Waals surface area contributed by atoms with E-state index < -0.39 is 0 Å². The van der Waals surface area contributed by atoms with Crippen molar-refractivity contribution in [3.63, 3.8) is 0 Å². The molecule has 0 spiro atoms. The summed E-state index contributed by atoms with van der Waals surface area (Å²) in [5.41, 5.74) is 5.52. The average molecular weight is 427 g/mol. The zero-order chi connectivity index (χ0) is 22.5. The van der Waals surface area contributed by atoms with Crippen LogP contribution in [0.25, 0.3) is 0 Å². The molecule has 32 heavy (non-hydrogen) atoms. The molecule has 4 rings (SSSR count). The van der Waals surface area contributed by atoms with Crippen LogP contribution in [0.15, 0.2) is 66.7 Å². The summed E-state index contributed by atoms with van der Waals surface area (Å²) in [6.07, 6.45) is 0. The van der Waals surface area contributed by atoms with Crippen LogP contribution in [-0.4, -0.2) is 39.2 Å². The number of benzene rings is 3. The van der Waals surface area contributed by atoms with E-state index in [2.05, 4.69) is 34.2 Å². The lowest BCUT2D eigenvalue weighted by atomic mass is 10.1. The van der Waals surface area contributed by atoms with E-state index in [1.807, 2.05) is 36.4 Å². The first kappa shape index (κ1) is 21.3. The summed E-state index contributed by atoms with van der Waals surface area (Å²) in [6, 6.07) is 23.0. The average Bonchev–Trinajstić information content (AvgIpc) is 2.84. The Labute approximate surface area is 188 Å². The summed E-state index contributed by atoms with van der Waals surface area (Å²) < 4.78 is 5.14. The molecule has 1 aliphatic rings. The van der Waals surface area contributed by atoms with Gasteiger partial charge < -0.3 is 19.9 Å². The van der Waals surface area contributed by atoms with E-state index in [1.165, 1.54) is 5.69 Å². The number of rotatable bonds is 5. The van der Waals surface area contributed by atoms with Gasteiger partial charge in [0.2, 0.25) is 0 Å². The molecule has 1 aliphatic heterocycles. The van der Waals surface area contributed by atoms with E-state index in [0.29, 0.717) is 11.1 Å². The fourth-order valence-corrected chi connectivity index (χ4v) is 3.99. The summed E-state index contributed by atoms with van der Waals surface area (Å²) in [5.74, 6) is 0.580. The smallest absolute Gasteiger partial charge is 0.255 e. The van der Waals surface area contributed by atoms with E-state index in [0.717, 1.165) is 48.9 Å². The van der Waals surface area contributed by atoms with Crippen molar-refractivity contribution in [1.29, 1.82) is 5.26 Å². The number of carbonyl (C=O) groups is 1. The highest BCUT2D eigenvalue weighted by atomic mass is 16.5. The van der Waals surface area contributed by atoms with Gasteiger partial charge in [0.15, 0.2) is 0 Å². The number of nitrogens with zero attached hydrogens (tertiary/aromatic N) is 3. The normalized spacial score (nSPS) is 13.4.